The van der Waals surface area contributed by atoms with E-state index in [1.165, 1.54) is 7.05 Å². The highest BCUT2D eigenvalue weighted by Crippen LogP contribution is 2.17. The van der Waals surface area contributed by atoms with Crippen molar-refractivity contribution >= 4 is 23.5 Å². The molecule has 0 fully saturated rings. The van der Waals surface area contributed by atoms with Gasteiger partial charge in [0.05, 0.1) is 5.56 Å². The minimum absolute atomic E-state index is 0.216. The van der Waals surface area contributed by atoms with Gasteiger partial charge in [-0.25, -0.2) is 0 Å². The monoisotopic (exact) mass is 221 g/mol. The second kappa shape index (κ2) is 3.62. The Morgan fingerprint density at radius 3 is 2.67 bits per heavy atom. The van der Waals surface area contributed by atoms with Crippen LogP contribution >= 0.6 is 11.3 Å². The third-order valence-corrected chi connectivity index (χ3v) is 3.41. The van der Waals surface area contributed by atoms with Crippen molar-refractivity contribution in [2.45, 2.75) is 6.92 Å². The van der Waals surface area contributed by atoms with Crippen LogP contribution in [0.15, 0.2) is 21.7 Å². The molecule has 15 heavy (non-hydrogen) atoms. The smallest absolute Gasteiger partial charge is 0.269 e. The van der Waals surface area contributed by atoms with E-state index in [1.807, 2.05) is 25.2 Å². The summed E-state index contributed by atoms with van der Waals surface area (Å²) in [6, 6.07) is 0. The van der Waals surface area contributed by atoms with Crippen molar-refractivity contribution in [3.8, 4) is 0 Å². The summed E-state index contributed by atoms with van der Waals surface area (Å²) in [4.78, 5) is 23.7. The Bertz CT molecular complexity index is 563. The minimum atomic E-state index is -0.219. The first-order valence-corrected chi connectivity index (χ1v) is 5.52. The number of allylic oxidation sites excluding steroid dienone is 2. The van der Waals surface area contributed by atoms with Crippen LogP contribution in [-0.2, 0) is 7.05 Å². The van der Waals surface area contributed by atoms with Gasteiger partial charge >= 0.3 is 4.87 Å². The second-order valence-electron chi connectivity index (χ2n) is 3.59. The molecule has 1 aromatic heterocycles. The van der Waals surface area contributed by atoms with Crippen LogP contribution in [0.1, 0.15) is 17.4 Å². The van der Waals surface area contributed by atoms with Crippen molar-refractivity contribution in [2.24, 2.45) is 13.0 Å². The molecule has 0 saturated carbocycles. The van der Waals surface area contributed by atoms with Gasteiger partial charge in [0.25, 0.3) is 5.56 Å². The Balaban J connectivity index is 2.80. The molecule has 1 aliphatic rings. The fourth-order valence-corrected chi connectivity index (χ4v) is 2.23. The van der Waals surface area contributed by atoms with Crippen LogP contribution in [0.25, 0.3) is 12.2 Å². The fraction of sp³-hybridized carbons (Fsp3) is 0.273. The van der Waals surface area contributed by atoms with Gasteiger partial charge in [0, 0.05) is 11.9 Å². The predicted molar refractivity (Wildman–Crippen MR) is 63.1 cm³/mol. The molecule has 0 spiro atoms. The van der Waals surface area contributed by atoms with Gasteiger partial charge in [-0.15, -0.1) is 0 Å². The molecule has 0 amide bonds. The molecule has 1 atom stereocenters. The Morgan fingerprint density at radius 2 is 1.93 bits per heavy atom. The highest BCUT2D eigenvalue weighted by Gasteiger charge is 2.10. The van der Waals surface area contributed by atoms with E-state index >= 15 is 0 Å². The maximum absolute atomic E-state index is 11.8. The number of fused-ring (bicyclic) bond motifs is 1. The van der Waals surface area contributed by atoms with Gasteiger partial charge in [-0.05, 0) is 12.0 Å². The van der Waals surface area contributed by atoms with Crippen LogP contribution in [0.3, 0.4) is 0 Å². The minimum Gasteiger partial charge on any atom is -0.269 e. The maximum atomic E-state index is 11.8. The van der Waals surface area contributed by atoms with E-state index in [2.05, 4.69) is 0 Å². The first-order valence-electron chi connectivity index (χ1n) is 4.70. The number of rotatable bonds is 0. The second-order valence-corrected chi connectivity index (χ2v) is 4.58. The predicted octanol–water partition coefficient (Wildman–Crippen LogP) is 1.48. The largest absolute Gasteiger partial charge is 0.310 e. The maximum Gasteiger partial charge on any atom is 0.310 e. The summed E-state index contributed by atoms with van der Waals surface area (Å²) >= 11 is 1.11. The third kappa shape index (κ3) is 1.72. The van der Waals surface area contributed by atoms with E-state index in [4.69, 9.17) is 0 Å². The Labute approximate surface area is 91.0 Å². The van der Waals surface area contributed by atoms with Gasteiger partial charge in [0.15, 0.2) is 0 Å². The molecule has 0 aromatic carbocycles. The van der Waals surface area contributed by atoms with Crippen LogP contribution in [0.2, 0.25) is 0 Å². The molecule has 3 nitrogen and oxygen atoms in total. The zero-order chi connectivity index (χ0) is 11.0. The van der Waals surface area contributed by atoms with Crippen LogP contribution < -0.4 is 10.4 Å². The SMILES string of the molecule is CC1C=Cc2sc(=O)n(C)c(=O)c2C=C1. The molecule has 0 radical (unpaired) electrons. The van der Waals surface area contributed by atoms with Crippen LogP contribution in [-0.4, -0.2) is 4.57 Å². The van der Waals surface area contributed by atoms with E-state index in [0.29, 0.717) is 11.5 Å². The zero-order valence-corrected chi connectivity index (χ0v) is 9.38. The third-order valence-electron chi connectivity index (χ3n) is 2.39. The lowest BCUT2D eigenvalue weighted by Gasteiger charge is -2.00. The first-order chi connectivity index (χ1) is 7.09. The standard InChI is InChI=1S/C11H11NO2S/c1-7-3-5-8-9(6-4-7)15-11(14)12(2)10(8)13/h3-7H,1-2H3. The van der Waals surface area contributed by atoms with Crippen LogP contribution in [0.4, 0.5) is 0 Å². The van der Waals surface area contributed by atoms with Gasteiger partial charge in [0.2, 0.25) is 0 Å². The van der Waals surface area contributed by atoms with Gasteiger partial charge < -0.3 is 0 Å². The van der Waals surface area contributed by atoms with E-state index in [0.717, 1.165) is 20.8 Å². The molecular formula is C11H11NO2S. The molecule has 1 unspecified atom stereocenters. The number of nitrogens with zero attached hydrogens (tertiary/aromatic N) is 1. The fourth-order valence-electron chi connectivity index (χ4n) is 1.42. The number of hydrogen-bond donors (Lipinski definition) is 0. The van der Waals surface area contributed by atoms with Gasteiger partial charge in [0.1, 0.15) is 0 Å². The summed E-state index contributed by atoms with van der Waals surface area (Å²) in [5.41, 5.74) is 0.395. The van der Waals surface area contributed by atoms with Crippen molar-refractivity contribution in [1.29, 1.82) is 0 Å². The molecule has 1 aliphatic carbocycles. The number of aromatic nitrogens is 1. The van der Waals surface area contributed by atoms with Crippen molar-refractivity contribution in [3.05, 3.63) is 42.6 Å². The lowest BCUT2D eigenvalue weighted by Crippen LogP contribution is -2.30. The molecular weight excluding hydrogens is 210 g/mol. The summed E-state index contributed by atoms with van der Waals surface area (Å²) in [7, 11) is 1.51. The van der Waals surface area contributed by atoms with E-state index < -0.39 is 0 Å². The zero-order valence-electron chi connectivity index (χ0n) is 8.56. The number of hydrogen-bond acceptors (Lipinski definition) is 3. The summed E-state index contributed by atoms with van der Waals surface area (Å²) in [6.45, 7) is 2.03. The van der Waals surface area contributed by atoms with Gasteiger partial charge in [-0.3, -0.25) is 14.2 Å². The summed E-state index contributed by atoms with van der Waals surface area (Å²) < 4.78 is 1.15. The molecule has 1 aromatic rings. The Kier molecular flexibility index (Phi) is 2.44. The first kappa shape index (κ1) is 10.1. The molecule has 0 bridgehead atoms. The lowest BCUT2D eigenvalue weighted by atomic mass is 10.1. The highest BCUT2D eigenvalue weighted by atomic mass is 32.1. The Hall–Kier alpha value is -1.42. The quantitative estimate of drug-likeness (QED) is 0.665. The van der Waals surface area contributed by atoms with Crippen molar-refractivity contribution in [1.82, 2.24) is 4.57 Å². The highest BCUT2D eigenvalue weighted by molar-refractivity contribution is 7.10. The van der Waals surface area contributed by atoms with Crippen LogP contribution in [0, 0.1) is 5.92 Å². The average Bonchev–Trinajstić information content (AvgIpc) is 2.38. The molecule has 78 valence electrons. The topological polar surface area (TPSA) is 39.1 Å². The molecule has 1 heterocycles. The van der Waals surface area contributed by atoms with Crippen molar-refractivity contribution in [2.75, 3.05) is 0 Å². The van der Waals surface area contributed by atoms with E-state index in [1.54, 1.807) is 6.08 Å². The molecule has 2 rings (SSSR count). The molecule has 0 saturated heterocycles. The average molecular weight is 221 g/mol. The van der Waals surface area contributed by atoms with E-state index in [9.17, 15) is 9.59 Å². The molecule has 0 N–H and O–H groups in total. The normalized spacial score (nSPS) is 18.7. The van der Waals surface area contributed by atoms with E-state index in [-0.39, 0.29) is 10.4 Å². The molecule has 4 heteroatoms. The summed E-state index contributed by atoms with van der Waals surface area (Å²) in [6.07, 6.45) is 7.60. The molecule has 0 aliphatic heterocycles. The van der Waals surface area contributed by atoms with Crippen molar-refractivity contribution < 1.29 is 0 Å². The lowest BCUT2D eigenvalue weighted by molar-refractivity contribution is 0.840. The van der Waals surface area contributed by atoms with Gasteiger partial charge in [-0.1, -0.05) is 36.5 Å². The summed E-state index contributed by atoms with van der Waals surface area (Å²) in [5, 5.41) is 0. The van der Waals surface area contributed by atoms with Crippen LogP contribution in [0.5, 0.6) is 0 Å². The summed E-state index contributed by atoms with van der Waals surface area (Å²) in [5.74, 6) is 0.296. The van der Waals surface area contributed by atoms with Gasteiger partial charge in [-0.2, -0.15) is 0 Å². The van der Waals surface area contributed by atoms with Crippen molar-refractivity contribution in [3.63, 3.8) is 0 Å². The Morgan fingerprint density at radius 1 is 1.27 bits per heavy atom.